The van der Waals surface area contributed by atoms with Crippen LogP contribution in [0.2, 0.25) is 5.02 Å². The van der Waals surface area contributed by atoms with Crippen LogP contribution >= 0.6 is 11.6 Å². The maximum atomic E-state index is 11.9. The van der Waals surface area contributed by atoms with Crippen molar-refractivity contribution in [2.24, 2.45) is 10.9 Å². The third-order valence-electron chi connectivity index (χ3n) is 6.59. The molecule has 170 valence electrons. The van der Waals surface area contributed by atoms with Gasteiger partial charge in [0.2, 0.25) is 5.90 Å². The van der Waals surface area contributed by atoms with E-state index in [2.05, 4.69) is 34.6 Å². The summed E-state index contributed by atoms with van der Waals surface area (Å²) in [7, 11) is 0. The van der Waals surface area contributed by atoms with Crippen LogP contribution in [0.3, 0.4) is 0 Å². The third kappa shape index (κ3) is 5.01. The number of carbonyl (C=O) groups excluding carboxylic acids is 1. The Hall–Kier alpha value is -2.33. The molecule has 2 atom stereocenters. The van der Waals surface area contributed by atoms with E-state index in [9.17, 15) is 4.79 Å². The fraction of sp³-hybridized carbons (Fsp3) is 0.520. The smallest absolute Gasteiger partial charge is 0.310 e. The zero-order valence-electron chi connectivity index (χ0n) is 18.7. The maximum absolute atomic E-state index is 11.9. The normalized spacial score (nSPS) is 24.9. The average Bonchev–Trinajstić information content (AvgIpc) is 3.13. The van der Waals surface area contributed by atoms with Gasteiger partial charge in [-0.1, -0.05) is 23.7 Å². The largest absolute Gasteiger partial charge is 0.474 e. The molecule has 6 nitrogen and oxygen atoms in total. The lowest BCUT2D eigenvalue weighted by Crippen LogP contribution is -2.59. The number of benzene rings is 1. The molecule has 3 aliphatic rings. The number of hydrogen-bond donors (Lipinski definition) is 0. The van der Waals surface area contributed by atoms with E-state index in [-0.39, 0.29) is 23.5 Å². The highest BCUT2D eigenvalue weighted by Crippen LogP contribution is 2.28. The maximum Gasteiger partial charge on any atom is 0.310 e. The average molecular weight is 456 g/mol. The molecule has 0 bridgehead atoms. The summed E-state index contributed by atoms with van der Waals surface area (Å²) in [6, 6.07) is 7.72. The SMILES string of the molecule is C#CC[C@@H]1C[C@@H](CN2CCN(C(C)(C)C3=NC=C(c4ccc(Cl)cc4)CO3)CC2)OC1=O. The number of nitrogens with zero attached hydrogens (tertiary/aromatic N) is 3. The Morgan fingerprint density at radius 2 is 1.94 bits per heavy atom. The highest BCUT2D eigenvalue weighted by Gasteiger charge is 2.39. The second-order valence-corrected chi connectivity index (χ2v) is 9.57. The van der Waals surface area contributed by atoms with Crippen molar-refractivity contribution >= 4 is 29.0 Å². The van der Waals surface area contributed by atoms with E-state index < -0.39 is 0 Å². The van der Waals surface area contributed by atoms with Crippen LogP contribution in [-0.2, 0) is 14.3 Å². The molecule has 3 aliphatic heterocycles. The molecule has 1 aromatic carbocycles. The van der Waals surface area contributed by atoms with Crippen molar-refractivity contribution in [1.82, 2.24) is 9.80 Å². The van der Waals surface area contributed by atoms with Crippen molar-refractivity contribution < 1.29 is 14.3 Å². The van der Waals surface area contributed by atoms with Crippen LogP contribution in [-0.4, -0.2) is 72.6 Å². The summed E-state index contributed by atoms with van der Waals surface area (Å²) in [5.74, 6) is 3.03. The van der Waals surface area contributed by atoms with Gasteiger partial charge in [0.25, 0.3) is 0 Å². The molecule has 2 saturated heterocycles. The lowest BCUT2D eigenvalue weighted by atomic mass is 9.99. The Kier molecular flexibility index (Phi) is 6.90. The molecule has 0 saturated carbocycles. The van der Waals surface area contributed by atoms with Crippen molar-refractivity contribution in [3.63, 3.8) is 0 Å². The first-order valence-corrected chi connectivity index (χ1v) is 11.5. The van der Waals surface area contributed by atoms with Crippen LogP contribution in [0.1, 0.15) is 32.3 Å². The molecule has 0 spiro atoms. The topological polar surface area (TPSA) is 54.4 Å². The van der Waals surface area contributed by atoms with Crippen LogP contribution in [0.4, 0.5) is 0 Å². The number of halogens is 1. The molecule has 0 N–H and O–H groups in total. The van der Waals surface area contributed by atoms with E-state index in [0.29, 0.717) is 18.1 Å². The third-order valence-corrected chi connectivity index (χ3v) is 6.84. The van der Waals surface area contributed by atoms with Crippen molar-refractivity contribution in [3.8, 4) is 12.3 Å². The molecule has 0 aliphatic carbocycles. The Morgan fingerprint density at radius 3 is 2.56 bits per heavy atom. The zero-order valence-corrected chi connectivity index (χ0v) is 19.5. The van der Waals surface area contributed by atoms with Crippen LogP contribution < -0.4 is 0 Å². The van der Waals surface area contributed by atoms with Gasteiger partial charge < -0.3 is 9.47 Å². The lowest BCUT2D eigenvalue weighted by molar-refractivity contribution is -0.144. The van der Waals surface area contributed by atoms with Gasteiger partial charge in [0.15, 0.2) is 0 Å². The van der Waals surface area contributed by atoms with Crippen molar-refractivity contribution in [3.05, 3.63) is 41.1 Å². The highest BCUT2D eigenvalue weighted by atomic mass is 35.5. The summed E-state index contributed by atoms with van der Waals surface area (Å²) >= 11 is 5.99. The van der Waals surface area contributed by atoms with Gasteiger partial charge in [0.1, 0.15) is 12.7 Å². The summed E-state index contributed by atoms with van der Waals surface area (Å²) in [6.07, 6.45) is 8.40. The molecule has 32 heavy (non-hydrogen) atoms. The molecule has 7 heteroatoms. The summed E-state index contributed by atoms with van der Waals surface area (Å²) in [4.78, 5) is 21.4. The zero-order chi connectivity index (χ0) is 22.7. The number of terminal acetylenes is 1. The second kappa shape index (κ2) is 9.66. The summed E-state index contributed by atoms with van der Waals surface area (Å²) in [6.45, 7) is 9.21. The first-order valence-electron chi connectivity index (χ1n) is 11.1. The Labute approximate surface area is 195 Å². The first-order chi connectivity index (χ1) is 15.4. The number of esters is 1. The van der Waals surface area contributed by atoms with E-state index in [1.54, 1.807) is 0 Å². The molecule has 0 unspecified atom stereocenters. The number of rotatable bonds is 6. The van der Waals surface area contributed by atoms with Gasteiger partial charge in [0, 0.05) is 55.9 Å². The molecular formula is C25H30ClN3O3. The minimum Gasteiger partial charge on any atom is -0.474 e. The molecule has 0 aromatic heterocycles. The van der Waals surface area contributed by atoms with Gasteiger partial charge in [-0.3, -0.25) is 14.6 Å². The quantitative estimate of drug-likeness (QED) is 0.485. The number of aliphatic imine (C=N–C) groups is 1. The molecule has 4 rings (SSSR count). The van der Waals surface area contributed by atoms with E-state index in [0.717, 1.165) is 56.2 Å². The van der Waals surface area contributed by atoms with Gasteiger partial charge in [-0.05, 0) is 38.0 Å². The van der Waals surface area contributed by atoms with Gasteiger partial charge in [-0.15, -0.1) is 12.3 Å². The number of ether oxygens (including phenoxy) is 2. The lowest BCUT2D eigenvalue weighted by Gasteiger charge is -2.44. The Balaban J connectivity index is 1.32. The van der Waals surface area contributed by atoms with Crippen LogP contribution in [0, 0.1) is 18.3 Å². The summed E-state index contributed by atoms with van der Waals surface area (Å²) < 4.78 is 11.6. The van der Waals surface area contributed by atoms with E-state index >= 15 is 0 Å². The van der Waals surface area contributed by atoms with Gasteiger partial charge in [-0.25, -0.2) is 4.99 Å². The molecule has 1 aromatic rings. The van der Waals surface area contributed by atoms with E-state index in [4.69, 9.17) is 27.5 Å². The minimum atomic E-state index is -0.300. The standard InChI is InChI=1S/C25H30ClN3O3/c1-4-5-19-14-22(32-23(19)30)16-28-10-12-29(13-11-28)25(2,3)24-27-15-20(17-31-24)18-6-8-21(26)9-7-18/h1,6-9,15,19,22H,5,10-14,16-17H2,2-3H3/t19-,22+/m1/s1. The van der Waals surface area contributed by atoms with Crippen molar-refractivity contribution in [1.29, 1.82) is 0 Å². The van der Waals surface area contributed by atoms with Crippen molar-refractivity contribution in [2.45, 2.75) is 38.3 Å². The fourth-order valence-corrected chi connectivity index (χ4v) is 4.70. The predicted molar refractivity (Wildman–Crippen MR) is 126 cm³/mol. The molecule has 2 fully saturated rings. The fourth-order valence-electron chi connectivity index (χ4n) is 4.57. The van der Waals surface area contributed by atoms with Gasteiger partial charge >= 0.3 is 5.97 Å². The number of cyclic esters (lactones) is 1. The summed E-state index contributed by atoms with van der Waals surface area (Å²) in [5.41, 5.74) is 1.81. The Morgan fingerprint density at radius 1 is 1.22 bits per heavy atom. The highest BCUT2D eigenvalue weighted by molar-refractivity contribution is 6.30. The molecule has 3 heterocycles. The van der Waals surface area contributed by atoms with Crippen LogP contribution in [0.5, 0.6) is 0 Å². The first kappa shape index (κ1) is 22.8. The van der Waals surface area contributed by atoms with Gasteiger partial charge in [-0.2, -0.15) is 0 Å². The Bertz CT molecular complexity index is 940. The van der Waals surface area contributed by atoms with E-state index in [1.165, 1.54) is 0 Å². The predicted octanol–water partition coefficient (Wildman–Crippen LogP) is 3.46. The molecular weight excluding hydrogens is 426 g/mol. The molecule has 0 radical (unpaired) electrons. The van der Waals surface area contributed by atoms with Crippen LogP contribution in [0.25, 0.3) is 5.57 Å². The van der Waals surface area contributed by atoms with Crippen LogP contribution in [0.15, 0.2) is 35.5 Å². The van der Waals surface area contributed by atoms with Gasteiger partial charge in [0.05, 0.1) is 11.5 Å². The van der Waals surface area contributed by atoms with Crippen molar-refractivity contribution in [2.75, 3.05) is 39.3 Å². The number of piperazine rings is 1. The summed E-state index contributed by atoms with van der Waals surface area (Å²) in [5, 5.41) is 0.717. The second-order valence-electron chi connectivity index (χ2n) is 9.13. The minimum absolute atomic E-state index is 0.0529. The number of hydrogen-bond acceptors (Lipinski definition) is 6. The number of carbonyl (C=O) groups is 1. The van der Waals surface area contributed by atoms with E-state index in [1.807, 2.05) is 30.5 Å². The molecule has 0 amide bonds. The monoisotopic (exact) mass is 455 g/mol.